The number of nitrogens with one attached hydrogen (secondary N) is 1. The van der Waals surface area contributed by atoms with Gasteiger partial charge in [0, 0.05) is 24.5 Å². The molecule has 7 nitrogen and oxygen atoms in total. The molecule has 2 amide bonds. The molecule has 2 aromatic carbocycles. The first-order valence-electron chi connectivity index (χ1n) is 11.7. The van der Waals surface area contributed by atoms with E-state index in [-0.39, 0.29) is 17.4 Å². The van der Waals surface area contributed by atoms with E-state index in [2.05, 4.69) is 41.3 Å². The fourth-order valence-corrected chi connectivity index (χ4v) is 5.20. The molecule has 3 heterocycles. The van der Waals surface area contributed by atoms with Crippen molar-refractivity contribution in [2.24, 2.45) is 0 Å². The average molecular weight is 454 g/mol. The molecule has 172 valence electrons. The summed E-state index contributed by atoms with van der Waals surface area (Å²) in [6.45, 7) is 3.57. The lowest BCUT2D eigenvalue weighted by Gasteiger charge is -2.31. The molecule has 1 aliphatic carbocycles. The van der Waals surface area contributed by atoms with Crippen molar-refractivity contribution in [3.8, 4) is 0 Å². The number of nitrogens with zero attached hydrogens (tertiary/aromatic N) is 4. The van der Waals surface area contributed by atoms with Crippen LogP contribution in [0.15, 0.2) is 60.8 Å². The lowest BCUT2D eigenvalue weighted by Crippen LogP contribution is -2.41. The first-order valence-corrected chi connectivity index (χ1v) is 11.7. The summed E-state index contributed by atoms with van der Waals surface area (Å²) >= 11 is 0. The van der Waals surface area contributed by atoms with Crippen LogP contribution < -0.4 is 0 Å². The Morgan fingerprint density at radius 2 is 1.88 bits per heavy atom. The molecule has 6 rings (SSSR count). The molecule has 34 heavy (non-hydrogen) atoms. The lowest BCUT2D eigenvalue weighted by atomic mass is 10.00. The highest BCUT2D eigenvalue weighted by Crippen LogP contribution is 2.51. The third kappa shape index (κ3) is 3.22. The maximum absolute atomic E-state index is 13.6. The van der Waals surface area contributed by atoms with E-state index >= 15 is 0 Å². The summed E-state index contributed by atoms with van der Waals surface area (Å²) in [5.74, 6) is -0.103. The number of fused-ring (bicyclic) bond motifs is 2. The highest BCUT2D eigenvalue weighted by molar-refractivity contribution is 5.99. The summed E-state index contributed by atoms with van der Waals surface area (Å²) in [6, 6.07) is 18.2. The second-order valence-electron chi connectivity index (χ2n) is 9.49. The molecular formula is C27H27N5O2. The predicted molar refractivity (Wildman–Crippen MR) is 129 cm³/mol. The molecule has 0 spiro atoms. The number of rotatable bonds is 4. The van der Waals surface area contributed by atoms with E-state index in [1.54, 1.807) is 11.1 Å². The number of para-hydroxylation sites is 1. The van der Waals surface area contributed by atoms with Crippen molar-refractivity contribution in [2.45, 2.75) is 38.4 Å². The van der Waals surface area contributed by atoms with Gasteiger partial charge in [0.05, 0.1) is 36.1 Å². The van der Waals surface area contributed by atoms with Crippen molar-refractivity contribution in [3.05, 3.63) is 88.9 Å². The molecule has 1 saturated carbocycles. The Balaban J connectivity index is 1.26. The van der Waals surface area contributed by atoms with E-state index in [9.17, 15) is 9.59 Å². The maximum Gasteiger partial charge on any atom is 0.270 e. The van der Waals surface area contributed by atoms with Crippen LogP contribution in [0.2, 0.25) is 0 Å². The van der Waals surface area contributed by atoms with Crippen molar-refractivity contribution in [1.29, 1.82) is 0 Å². The minimum atomic E-state index is -0.257. The summed E-state index contributed by atoms with van der Waals surface area (Å²) in [5, 5.41) is 5.48. The molecule has 1 fully saturated rings. The van der Waals surface area contributed by atoms with E-state index in [4.69, 9.17) is 0 Å². The summed E-state index contributed by atoms with van der Waals surface area (Å²) in [6.07, 6.45) is 3.57. The molecule has 0 bridgehead atoms. The third-order valence-corrected chi connectivity index (χ3v) is 7.37. The van der Waals surface area contributed by atoms with E-state index in [0.717, 1.165) is 29.4 Å². The molecule has 0 atom stereocenters. The smallest absolute Gasteiger partial charge is 0.270 e. The highest BCUT2D eigenvalue weighted by Gasteiger charge is 2.50. The Morgan fingerprint density at radius 3 is 2.65 bits per heavy atom. The van der Waals surface area contributed by atoms with Crippen LogP contribution in [0.25, 0.3) is 10.9 Å². The quantitative estimate of drug-likeness (QED) is 0.506. The lowest BCUT2D eigenvalue weighted by molar-refractivity contribution is 0.0670. The van der Waals surface area contributed by atoms with Crippen LogP contribution >= 0.6 is 0 Å². The number of H-pyrrole nitrogens is 1. The van der Waals surface area contributed by atoms with Gasteiger partial charge in [-0.1, -0.05) is 48.0 Å². The molecule has 7 heteroatoms. The van der Waals surface area contributed by atoms with Crippen molar-refractivity contribution >= 4 is 22.7 Å². The molecule has 4 aromatic rings. The van der Waals surface area contributed by atoms with E-state index in [0.29, 0.717) is 30.9 Å². The van der Waals surface area contributed by atoms with Crippen LogP contribution in [0, 0.1) is 6.92 Å². The molecule has 0 unspecified atom stereocenters. The predicted octanol–water partition coefficient (Wildman–Crippen LogP) is 4.09. The van der Waals surface area contributed by atoms with Gasteiger partial charge in [0.1, 0.15) is 5.69 Å². The van der Waals surface area contributed by atoms with Gasteiger partial charge < -0.3 is 14.8 Å². The Morgan fingerprint density at radius 1 is 1.06 bits per heavy atom. The minimum absolute atomic E-state index is 0.0415. The summed E-state index contributed by atoms with van der Waals surface area (Å²) in [4.78, 5) is 33.8. The number of hydrogen-bond donors (Lipinski definition) is 1. The third-order valence-electron chi connectivity index (χ3n) is 7.37. The number of carbonyl (C=O) groups excluding carboxylic acids is 2. The average Bonchev–Trinajstić information content (AvgIpc) is 3.38. The zero-order valence-electron chi connectivity index (χ0n) is 19.4. The molecule has 0 radical (unpaired) electrons. The van der Waals surface area contributed by atoms with Crippen LogP contribution in [-0.2, 0) is 18.6 Å². The number of aromatic amines is 1. The van der Waals surface area contributed by atoms with Crippen molar-refractivity contribution in [1.82, 2.24) is 24.6 Å². The Bertz CT molecular complexity index is 1390. The van der Waals surface area contributed by atoms with Gasteiger partial charge in [-0.25, -0.2) is 0 Å². The second-order valence-corrected chi connectivity index (χ2v) is 9.49. The summed E-state index contributed by atoms with van der Waals surface area (Å²) < 4.78 is 1.86. The van der Waals surface area contributed by atoms with Gasteiger partial charge in [0.15, 0.2) is 0 Å². The topological polar surface area (TPSA) is 74.2 Å². The summed E-state index contributed by atoms with van der Waals surface area (Å²) in [5.41, 5.74) is 5.00. The highest BCUT2D eigenvalue weighted by atomic mass is 16.2. The second kappa shape index (κ2) is 7.58. The van der Waals surface area contributed by atoms with Crippen molar-refractivity contribution in [3.63, 3.8) is 0 Å². The molecule has 1 N–H and O–H groups in total. The maximum atomic E-state index is 13.6. The van der Waals surface area contributed by atoms with Crippen LogP contribution in [-0.4, -0.2) is 50.0 Å². The first-order chi connectivity index (χ1) is 16.5. The number of amides is 2. The Kier molecular flexibility index (Phi) is 4.62. The van der Waals surface area contributed by atoms with E-state index < -0.39 is 0 Å². The van der Waals surface area contributed by atoms with Crippen LogP contribution in [0.4, 0.5) is 0 Å². The van der Waals surface area contributed by atoms with Gasteiger partial charge in [-0.05, 0) is 37.5 Å². The fourth-order valence-electron chi connectivity index (χ4n) is 5.20. The SMILES string of the molecule is Cc1cccc(C2(N(C)C(=O)c3cnn4c3CN(C(=O)c3cc5ccccc5[nH]3)CC4)CC2)c1. The van der Waals surface area contributed by atoms with Gasteiger partial charge >= 0.3 is 0 Å². The standard InChI is InChI=1S/C27H27N5O2/c1-18-6-5-8-20(14-18)27(10-11-27)30(2)25(33)21-16-28-32-13-12-31(17-24(21)32)26(34)23-15-19-7-3-4-9-22(19)29-23/h3-9,14-16,29H,10-13,17H2,1-2H3. The molecule has 2 aromatic heterocycles. The molecule has 2 aliphatic rings. The van der Waals surface area contributed by atoms with Gasteiger partial charge in [-0.3, -0.25) is 14.3 Å². The van der Waals surface area contributed by atoms with E-state index in [1.807, 2.05) is 47.0 Å². The molecule has 1 aliphatic heterocycles. The zero-order valence-corrected chi connectivity index (χ0v) is 19.4. The molecular weight excluding hydrogens is 426 g/mol. The van der Waals surface area contributed by atoms with Crippen molar-refractivity contribution in [2.75, 3.05) is 13.6 Å². The zero-order chi connectivity index (χ0) is 23.4. The molecule has 0 saturated heterocycles. The van der Waals surface area contributed by atoms with Gasteiger partial charge in [0.25, 0.3) is 11.8 Å². The minimum Gasteiger partial charge on any atom is -0.351 e. The Labute approximate surface area is 198 Å². The van der Waals surface area contributed by atoms with Gasteiger partial charge in [-0.15, -0.1) is 0 Å². The largest absolute Gasteiger partial charge is 0.351 e. The number of aryl methyl sites for hydroxylation is 1. The Hall–Kier alpha value is -3.87. The monoisotopic (exact) mass is 453 g/mol. The van der Waals surface area contributed by atoms with E-state index in [1.165, 1.54) is 11.1 Å². The van der Waals surface area contributed by atoms with Gasteiger partial charge in [-0.2, -0.15) is 5.10 Å². The number of hydrogen-bond acceptors (Lipinski definition) is 3. The van der Waals surface area contributed by atoms with Crippen LogP contribution in [0.5, 0.6) is 0 Å². The number of carbonyl (C=O) groups is 2. The van der Waals surface area contributed by atoms with Crippen LogP contribution in [0.3, 0.4) is 0 Å². The van der Waals surface area contributed by atoms with Crippen molar-refractivity contribution < 1.29 is 9.59 Å². The first kappa shape index (κ1) is 20.7. The fraction of sp³-hybridized carbons (Fsp3) is 0.296. The summed E-state index contributed by atoms with van der Waals surface area (Å²) in [7, 11) is 1.89. The van der Waals surface area contributed by atoms with Gasteiger partial charge in [0.2, 0.25) is 0 Å². The van der Waals surface area contributed by atoms with Crippen LogP contribution in [0.1, 0.15) is 50.5 Å². The number of benzene rings is 2. The number of aromatic nitrogens is 3. The normalized spacial score (nSPS) is 16.4.